The maximum atomic E-state index is 12.6. The van der Waals surface area contributed by atoms with Gasteiger partial charge >= 0.3 is 6.18 Å². The van der Waals surface area contributed by atoms with E-state index in [0.717, 1.165) is 29.6 Å². The zero-order chi connectivity index (χ0) is 20.9. The summed E-state index contributed by atoms with van der Waals surface area (Å²) < 4.78 is 43.4. The topological polar surface area (TPSA) is 47.0 Å². The van der Waals surface area contributed by atoms with Crippen LogP contribution in [-0.2, 0) is 12.6 Å². The lowest BCUT2D eigenvalue weighted by Crippen LogP contribution is -2.05. The molecule has 1 heterocycles. The highest BCUT2D eigenvalue weighted by Gasteiger charge is 2.30. The quantitative estimate of drug-likeness (QED) is 0.467. The number of anilines is 1. The SMILES string of the molecule is CCc1ncnc(NCPc2ccc(Oc3ccc(C(F)(F)F)cc3)cc2)c1Cl. The van der Waals surface area contributed by atoms with Crippen molar-refractivity contribution in [2.24, 2.45) is 0 Å². The Balaban J connectivity index is 1.54. The molecule has 1 unspecified atom stereocenters. The van der Waals surface area contributed by atoms with Crippen LogP contribution in [0.15, 0.2) is 54.9 Å². The first-order valence-corrected chi connectivity index (χ1v) is 10.4. The zero-order valence-electron chi connectivity index (χ0n) is 15.4. The van der Waals surface area contributed by atoms with Gasteiger partial charge in [-0.1, -0.05) is 39.2 Å². The van der Waals surface area contributed by atoms with Gasteiger partial charge in [0.15, 0.2) is 0 Å². The number of nitrogens with zero attached hydrogens (tertiary/aromatic N) is 2. The number of aryl methyl sites for hydroxylation is 1. The van der Waals surface area contributed by atoms with E-state index in [1.807, 2.05) is 19.1 Å². The smallest absolute Gasteiger partial charge is 0.416 e. The number of benzene rings is 2. The predicted octanol–water partition coefficient (Wildman–Crippen LogP) is 5.88. The van der Waals surface area contributed by atoms with Crippen LogP contribution in [0.5, 0.6) is 11.5 Å². The first kappa shape index (κ1) is 21.3. The Labute approximate surface area is 173 Å². The lowest BCUT2D eigenvalue weighted by atomic mass is 10.2. The number of ether oxygens (including phenoxy) is 1. The van der Waals surface area contributed by atoms with E-state index >= 15 is 0 Å². The third kappa shape index (κ3) is 5.81. The molecule has 1 atom stereocenters. The van der Waals surface area contributed by atoms with E-state index in [2.05, 4.69) is 15.3 Å². The molecule has 0 bridgehead atoms. The highest BCUT2D eigenvalue weighted by Crippen LogP contribution is 2.31. The number of rotatable bonds is 7. The van der Waals surface area contributed by atoms with Gasteiger partial charge in [-0.15, -0.1) is 0 Å². The summed E-state index contributed by atoms with van der Waals surface area (Å²) in [5, 5.41) is 4.85. The molecule has 29 heavy (non-hydrogen) atoms. The van der Waals surface area contributed by atoms with Crippen LogP contribution in [0.4, 0.5) is 19.0 Å². The maximum absolute atomic E-state index is 12.6. The fourth-order valence-corrected chi connectivity index (χ4v) is 3.66. The van der Waals surface area contributed by atoms with E-state index in [9.17, 15) is 13.2 Å². The number of hydrogen-bond acceptors (Lipinski definition) is 4. The fraction of sp³-hybridized carbons (Fsp3) is 0.200. The van der Waals surface area contributed by atoms with Gasteiger partial charge in [-0.2, -0.15) is 13.2 Å². The van der Waals surface area contributed by atoms with Crippen molar-refractivity contribution in [1.82, 2.24) is 9.97 Å². The Kier molecular flexibility index (Phi) is 6.93. The van der Waals surface area contributed by atoms with Gasteiger partial charge in [0.25, 0.3) is 0 Å². The average molecular weight is 440 g/mol. The van der Waals surface area contributed by atoms with Gasteiger partial charge in [-0.3, -0.25) is 0 Å². The first-order chi connectivity index (χ1) is 13.9. The van der Waals surface area contributed by atoms with Crippen molar-refractivity contribution in [2.75, 3.05) is 11.6 Å². The number of halogens is 4. The number of nitrogens with one attached hydrogen (secondary N) is 1. The van der Waals surface area contributed by atoms with E-state index in [0.29, 0.717) is 37.2 Å². The molecule has 3 aromatic rings. The van der Waals surface area contributed by atoms with E-state index in [1.165, 1.54) is 18.5 Å². The molecule has 0 aliphatic heterocycles. The van der Waals surface area contributed by atoms with Crippen LogP contribution >= 0.6 is 20.2 Å². The second-order valence-corrected chi connectivity index (χ2v) is 7.68. The van der Waals surface area contributed by atoms with E-state index in [1.54, 1.807) is 12.1 Å². The Morgan fingerprint density at radius 1 is 1.00 bits per heavy atom. The third-order valence-corrected chi connectivity index (χ3v) is 5.51. The second-order valence-electron chi connectivity index (χ2n) is 6.02. The van der Waals surface area contributed by atoms with E-state index < -0.39 is 11.7 Å². The van der Waals surface area contributed by atoms with Crippen LogP contribution in [0.25, 0.3) is 0 Å². The summed E-state index contributed by atoms with van der Waals surface area (Å²) in [4.78, 5) is 8.29. The molecule has 0 fully saturated rings. The van der Waals surface area contributed by atoms with Crippen LogP contribution in [-0.4, -0.2) is 16.3 Å². The van der Waals surface area contributed by atoms with Crippen molar-refractivity contribution in [3.63, 3.8) is 0 Å². The molecule has 0 saturated carbocycles. The predicted molar refractivity (Wildman–Crippen MR) is 111 cm³/mol. The van der Waals surface area contributed by atoms with Gasteiger partial charge < -0.3 is 10.1 Å². The molecule has 3 rings (SSSR count). The third-order valence-electron chi connectivity index (χ3n) is 4.02. The van der Waals surface area contributed by atoms with Crippen LogP contribution in [0.1, 0.15) is 18.2 Å². The Bertz CT molecular complexity index is 951. The molecule has 0 aliphatic rings. The van der Waals surface area contributed by atoms with E-state index in [4.69, 9.17) is 16.3 Å². The Hall–Kier alpha value is -2.37. The largest absolute Gasteiger partial charge is 0.457 e. The van der Waals surface area contributed by atoms with Crippen molar-refractivity contribution in [3.8, 4) is 11.5 Å². The summed E-state index contributed by atoms with van der Waals surface area (Å²) >= 11 is 6.26. The molecule has 0 saturated heterocycles. The molecule has 0 aliphatic carbocycles. The lowest BCUT2D eigenvalue weighted by Gasteiger charge is -2.10. The van der Waals surface area contributed by atoms with Crippen molar-refractivity contribution in [3.05, 3.63) is 71.1 Å². The monoisotopic (exact) mass is 439 g/mol. The average Bonchev–Trinajstić information content (AvgIpc) is 2.70. The minimum atomic E-state index is -4.36. The van der Waals surface area contributed by atoms with Crippen molar-refractivity contribution >= 4 is 31.3 Å². The standard InChI is InChI=1S/C20H18ClF3N3OP/c1-2-17-18(21)19(26-11-25-17)27-12-29-16-9-7-15(8-10-16)28-14-5-3-13(4-6-14)20(22,23)24/h3-11,29H,2,12H2,1H3,(H,25,26,27). The molecule has 0 radical (unpaired) electrons. The van der Waals surface area contributed by atoms with Crippen LogP contribution in [0, 0.1) is 0 Å². The molecule has 0 spiro atoms. The maximum Gasteiger partial charge on any atom is 0.416 e. The van der Waals surface area contributed by atoms with Crippen molar-refractivity contribution in [2.45, 2.75) is 19.5 Å². The number of aromatic nitrogens is 2. The number of alkyl halides is 3. The fourth-order valence-electron chi connectivity index (χ4n) is 2.49. The highest BCUT2D eigenvalue weighted by atomic mass is 35.5. The summed E-state index contributed by atoms with van der Waals surface area (Å²) in [5.74, 6) is 1.52. The van der Waals surface area contributed by atoms with Gasteiger partial charge in [0, 0.05) is 6.29 Å². The molecule has 1 aromatic heterocycles. The molecular formula is C20H18ClF3N3OP. The molecule has 4 nitrogen and oxygen atoms in total. The van der Waals surface area contributed by atoms with Gasteiger partial charge in [-0.05, 0) is 48.1 Å². The Morgan fingerprint density at radius 2 is 1.62 bits per heavy atom. The molecule has 0 amide bonds. The summed E-state index contributed by atoms with van der Waals surface area (Å²) in [6.07, 6.45) is -1.47. The highest BCUT2D eigenvalue weighted by molar-refractivity contribution is 7.47. The van der Waals surface area contributed by atoms with Crippen LogP contribution in [0.3, 0.4) is 0 Å². The van der Waals surface area contributed by atoms with Gasteiger partial charge in [-0.25, -0.2) is 9.97 Å². The lowest BCUT2D eigenvalue weighted by molar-refractivity contribution is -0.137. The van der Waals surface area contributed by atoms with Crippen LogP contribution < -0.4 is 15.4 Å². The summed E-state index contributed by atoms with van der Waals surface area (Å²) in [7, 11) is 0.469. The van der Waals surface area contributed by atoms with Gasteiger partial charge in [0.2, 0.25) is 0 Å². The molecule has 152 valence electrons. The van der Waals surface area contributed by atoms with Gasteiger partial charge in [0.05, 0.1) is 11.3 Å². The minimum Gasteiger partial charge on any atom is -0.457 e. The Morgan fingerprint density at radius 3 is 2.21 bits per heavy atom. The van der Waals surface area contributed by atoms with Crippen molar-refractivity contribution < 1.29 is 17.9 Å². The molecular weight excluding hydrogens is 422 g/mol. The molecule has 2 aromatic carbocycles. The molecule has 1 N–H and O–H groups in total. The van der Waals surface area contributed by atoms with Crippen molar-refractivity contribution in [1.29, 1.82) is 0 Å². The summed E-state index contributed by atoms with van der Waals surface area (Å²) in [5.41, 5.74) is 0.0982. The molecule has 9 heteroatoms. The van der Waals surface area contributed by atoms with Gasteiger partial charge in [0.1, 0.15) is 28.7 Å². The van der Waals surface area contributed by atoms with Crippen LogP contribution in [0.2, 0.25) is 5.02 Å². The minimum absolute atomic E-state index is 0.347. The zero-order valence-corrected chi connectivity index (χ0v) is 17.2. The second kappa shape index (κ2) is 9.42. The summed E-state index contributed by atoms with van der Waals surface area (Å²) in [6.45, 7) is 1.98. The van der Waals surface area contributed by atoms with E-state index in [-0.39, 0.29) is 0 Å². The summed E-state index contributed by atoms with van der Waals surface area (Å²) in [6, 6.07) is 12.0. The normalized spacial score (nSPS) is 11.8. The first-order valence-electron chi connectivity index (χ1n) is 8.79. The number of hydrogen-bond donors (Lipinski definition) is 1.